The van der Waals surface area contributed by atoms with Crippen LogP contribution in [-0.2, 0) is 6.54 Å². The number of imidazole rings is 1. The van der Waals surface area contributed by atoms with Gasteiger partial charge in [-0.2, -0.15) is 0 Å². The summed E-state index contributed by atoms with van der Waals surface area (Å²) in [7, 11) is 0. The molecular formula is C11H15N5. The van der Waals surface area contributed by atoms with Crippen LogP contribution in [0.2, 0.25) is 0 Å². The van der Waals surface area contributed by atoms with Crippen molar-refractivity contribution in [1.29, 1.82) is 0 Å². The van der Waals surface area contributed by atoms with Crippen molar-refractivity contribution >= 4 is 5.82 Å². The molecule has 0 bridgehead atoms. The van der Waals surface area contributed by atoms with Gasteiger partial charge in [-0.15, -0.1) is 0 Å². The monoisotopic (exact) mass is 217 g/mol. The molecular weight excluding hydrogens is 202 g/mol. The second-order valence-corrected chi connectivity index (χ2v) is 4.35. The predicted molar refractivity (Wildman–Crippen MR) is 61.1 cm³/mol. The third-order valence-electron chi connectivity index (χ3n) is 2.92. The number of nitrogen functional groups attached to an aromatic ring is 1. The first kappa shape index (κ1) is 9.57. The molecule has 5 heteroatoms. The number of aryl methyl sites for hydroxylation is 1. The summed E-state index contributed by atoms with van der Waals surface area (Å²) in [4.78, 5) is 13.2. The van der Waals surface area contributed by atoms with E-state index in [2.05, 4.69) is 21.9 Å². The molecule has 84 valence electrons. The lowest BCUT2D eigenvalue weighted by molar-refractivity contribution is 0.659. The number of hydrogen-bond acceptors (Lipinski definition) is 4. The number of rotatable bonds is 3. The largest absolute Gasteiger partial charge is 0.382 e. The fourth-order valence-corrected chi connectivity index (χ4v) is 1.90. The number of hydrogen-bond donors (Lipinski definition) is 1. The molecule has 0 aromatic carbocycles. The Bertz CT molecular complexity index is 486. The van der Waals surface area contributed by atoms with Gasteiger partial charge in [0.05, 0.1) is 6.33 Å². The van der Waals surface area contributed by atoms with Crippen LogP contribution in [0.5, 0.6) is 0 Å². The lowest BCUT2D eigenvalue weighted by atomic mass is 10.3. The smallest absolute Gasteiger partial charge is 0.165 e. The van der Waals surface area contributed by atoms with Crippen LogP contribution in [0.3, 0.4) is 0 Å². The minimum Gasteiger partial charge on any atom is -0.382 e. The first-order valence-corrected chi connectivity index (χ1v) is 5.78. The minimum absolute atomic E-state index is 0.488. The van der Waals surface area contributed by atoms with Gasteiger partial charge in [0.2, 0.25) is 0 Å². The van der Waals surface area contributed by atoms with Crippen LogP contribution < -0.4 is 5.73 Å². The van der Waals surface area contributed by atoms with Crippen LogP contribution >= 0.6 is 0 Å². The van der Waals surface area contributed by atoms with Crippen molar-refractivity contribution < 1.29 is 0 Å². The highest BCUT2D eigenvalue weighted by Crippen LogP contribution is 2.40. The molecule has 5 nitrogen and oxygen atoms in total. The van der Waals surface area contributed by atoms with Crippen molar-refractivity contribution in [2.75, 3.05) is 5.73 Å². The average molecular weight is 217 g/mol. The maximum absolute atomic E-state index is 5.83. The molecule has 2 N–H and O–H groups in total. The van der Waals surface area contributed by atoms with Crippen LogP contribution in [0, 0.1) is 0 Å². The van der Waals surface area contributed by atoms with Crippen LogP contribution in [0.15, 0.2) is 6.33 Å². The molecule has 1 aliphatic carbocycles. The zero-order valence-corrected chi connectivity index (χ0v) is 9.35. The Morgan fingerprint density at radius 1 is 1.44 bits per heavy atom. The van der Waals surface area contributed by atoms with Gasteiger partial charge >= 0.3 is 0 Å². The summed E-state index contributed by atoms with van der Waals surface area (Å²) in [5.41, 5.74) is 6.59. The zero-order valence-electron chi connectivity index (χ0n) is 9.35. The normalized spacial score (nSPS) is 15.8. The summed E-state index contributed by atoms with van der Waals surface area (Å²) in [5.74, 6) is 2.87. The topological polar surface area (TPSA) is 69.6 Å². The Hall–Kier alpha value is -1.65. The second-order valence-electron chi connectivity index (χ2n) is 4.35. The molecule has 2 heterocycles. The molecule has 16 heavy (non-hydrogen) atoms. The Morgan fingerprint density at radius 2 is 2.25 bits per heavy atom. The van der Waals surface area contributed by atoms with Crippen LogP contribution in [0.4, 0.5) is 5.82 Å². The molecule has 0 spiro atoms. The highest BCUT2D eigenvalue weighted by Gasteiger charge is 2.30. The Kier molecular flexibility index (Phi) is 2.05. The standard InChI is InChI=1S/C11H15N5/c1-2-5-16-6-13-9(12)8-11(16)15-10(14-8)7-3-4-7/h6-7H,2-5,12H2,1H3. The molecule has 0 radical (unpaired) electrons. The Morgan fingerprint density at radius 3 is 2.94 bits per heavy atom. The molecule has 0 aromatic heterocycles. The Labute approximate surface area is 94.1 Å². The molecule has 0 saturated heterocycles. The van der Waals surface area contributed by atoms with Crippen molar-refractivity contribution in [1.82, 2.24) is 19.5 Å². The zero-order chi connectivity index (χ0) is 11.1. The van der Waals surface area contributed by atoms with Gasteiger partial charge in [-0.3, -0.25) is 0 Å². The first-order chi connectivity index (χ1) is 7.79. The van der Waals surface area contributed by atoms with E-state index >= 15 is 0 Å². The van der Waals surface area contributed by atoms with E-state index in [1.165, 1.54) is 12.8 Å². The van der Waals surface area contributed by atoms with E-state index in [0.29, 0.717) is 11.7 Å². The molecule has 0 atom stereocenters. The van der Waals surface area contributed by atoms with E-state index < -0.39 is 0 Å². The van der Waals surface area contributed by atoms with E-state index in [-0.39, 0.29) is 0 Å². The molecule has 2 aliphatic heterocycles. The van der Waals surface area contributed by atoms with Crippen LogP contribution in [0.25, 0.3) is 11.5 Å². The summed E-state index contributed by atoms with van der Waals surface area (Å²) in [5, 5.41) is 0. The third kappa shape index (κ3) is 1.43. The molecule has 3 rings (SSSR count). The second kappa shape index (κ2) is 3.43. The van der Waals surface area contributed by atoms with Gasteiger partial charge < -0.3 is 10.3 Å². The van der Waals surface area contributed by atoms with E-state index in [9.17, 15) is 0 Å². The number of anilines is 1. The summed E-state index contributed by atoms with van der Waals surface area (Å²) >= 11 is 0. The van der Waals surface area contributed by atoms with E-state index in [4.69, 9.17) is 5.73 Å². The third-order valence-corrected chi connectivity index (χ3v) is 2.92. The van der Waals surface area contributed by atoms with Gasteiger partial charge in [-0.05, 0) is 19.3 Å². The molecule has 0 unspecified atom stereocenters. The van der Waals surface area contributed by atoms with Crippen molar-refractivity contribution in [3.63, 3.8) is 0 Å². The summed E-state index contributed by atoms with van der Waals surface area (Å²) in [6.45, 7) is 3.04. The minimum atomic E-state index is 0.488. The number of fused-ring (bicyclic) bond motifs is 1. The number of nitrogens with two attached hydrogens (primary N) is 1. The first-order valence-electron chi connectivity index (χ1n) is 5.78. The highest BCUT2D eigenvalue weighted by atomic mass is 15.2. The van der Waals surface area contributed by atoms with E-state index in [0.717, 1.165) is 30.3 Å². The van der Waals surface area contributed by atoms with Crippen LogP contribution in [-0.4, -0.2) is 19.5 Å². The maximum Gasteiger partial charge on any atom is 0.165 e. The van der Waals surface area contributed by atoms with Gasteiger partial charge in [0, 0.05) is 12.5 Å². The molecule has 3 aliphatic rings. The van der Waals surface area contributed by atoms with Crippen molar-refractivity contribution in [3.8, 4) is 11.5 Å². The molecule has 0 aromatic rings. The van der Waals surface area contributed by atoms with Crippen molar-refractivity contribution in [2.45, 2.75) is 38.6 Å². The van der Waals surface area contributed by atoms with E-state index in [1.807, 2.05) is 4.57 Å². The molecule has 1 saturated carbocycles. The highest BCUT2D eigenvalue weighted by molar-refractivity contribution is 5.65. The fraction of sp³-hybridized carbons (Fsp3) is 0.545. The predicted octanol–water partition coefficient (Wildman–Crippen LogP) is 1.65. The summed E-state index contributed by atoms with van der Waals surface area (Å²) in [6, 6.07) is 0. The lowest BCUT2D eigenvalue weighted by Gasteiger charge is -2.09. The summed E-state index contributed by atoms with van der Waals surface area (Å²) < 4.78 is 2.03. The average Bonchev–Trinajstić information content (AvgIpc) is 3.02. The quantitative estimate of drug-likeness (QED) is 0.848. The van der Waals surface area contributed by atoms with Gasteiger partial charge in [-0.25, -0.2) is 15.0 Å². The molecule has 1 fully saturated rings. The Balaban J connectivity index is 2.12. The van der Waals surface area contributed by atoms with Crippen molar-refractivity contribution in [2.24, 2.45) is 0 Å². The van der Waals surface area contributed by atoms with Gasteiger partial charge in [-0.1, -0.05) is 6.92 Å². The SMILES string of the molecule is CCCn1cnc(N)c2nc(C3CC3)nc1-2. The van der Waals surface area contributed by atoms with E-state index in [1.54, 1.807) is 6.33 Å². The number of aromatic nitrogens is 4. The van der Waals surface area contributed by atoms with Crippen LogP contribution in [0.1, 0.15) is 37.9 Å². The molecule has 0 amide bonds. The summed E-state index contributed by atoms with van der Waals surface area (Å²) in [6.07, 6.45) is 5.22. The van der Waals surface area contributed by atoms with Gasteiger partial charge in [0.1, 0.15) is 5.82 Å². The maximum atomic E-state index is 5.83. The lowest BCUT2D eigenvalue weighted by Crippen LogP contribution is -2.07. The van der Waals surface area contributed by atoms with Gasteiger partial charge in [0.25, 0.3) is 0 Å². The fourth-order valence-electron chi connectivity index (χ4n) is 1.90. The van der Waals surface area contributed by atoms with Gasteiger partial charge in [0.15, 0.2) is 17.3 Å². The van der Waals surface area contributed by atoms with Crippen molar-refractivity contribution in [3.05, 3.63) is 12.2 Å². The number of nitrogens with zero attached hydrogens (tertiary/aromatic N) is 4.